The SMILES string of the molecule is CC(=O)N[C@H](C(=O)N[C@@H](CCCCNC(=O)OCC1c2ccccc2-c2ccccc21)C(N)=O)[C@H](C)O. The lowest BCUT2D eigenvalue weighted by Gasteiger charge is -2.23. The van der Waals surface area contributed by atoms with Gasteiger partial charge in [-0.25, -0.2) is 4.79 Å². The van der Waals surface area contributed by atoms with Crippen LogP contribution < -0.4 is 21.7 Å². The molecule has 0 aromatic heterocycles. The fourth-order valence-electron chi connectivity index (χ4n) is 4.48. The van der Waals surface area contributed by atoms with Crippen molar-refractivity contribution < 1.29 is 29.0 Å². The van der Waals surface area contributed by atoms with Gasteiger partial charge in [-0.05, 0) is 48.4 Å². The van der Waals surface area contributed by atoms with Gasteiger partial charge in [0.1, 0.15) is 18.7 Å². The van der Waals surface area contributed by atoms with Crippen molar-refractivity contribution >= 4 is 23.8 Å². The van der Waals surface area contributed by atoms with Gasteiger partial charge in [-0.15, -0.1) is 0 Å². The molecular weight excluding hydrogens is 476 g/mol. The van der Waals surface area contributed by atoms with Gasteiger partial charge in [-0.3, -0.25) is 14.4 Å². The lowest BCUT2D eigenvalue weighted by molar-refractivity contribution is -0.133. The smallest absolute Gasteiger partial charge is 0.407 e. The molecular formula is C27H34N4O6. The van der Waals surface area contributed by atoms with Gasteiger partial charge in [0.25, 0.3) is 0 Å². The number of aliphatic hydroxyl groups excluding tert-OH is 1. The molecule has 2 aromatic carbocycles. The number of carbonyl (C=O) groups is 4. The molecule has 198 valence electrons. The highest BCUT2D eigenvalue weighted by Gasteiger charge is 2.29. The molecule has 4 amide bonds. The first-order chi connectivity index (χ1) is 17.7. The zero-order valence-electron chi connectivity index (χ0n) is 21.0. The summed E-state index contributed by atoms with van der Waals surface area (Å²) in [7, 11) is 0. The summed E-state index contributed by atoms with van der Waals surface area (Å²) >= 11 is 0. The predicted molar refractivity (Wildman–Crippen MR) is 137 cm³/mol. The summed E-state index contributed by atoms with van der Waals surface area (Å²) in [5, 5.41) is 17.3. The highest BCUT2D eigenvalue weighted by molar-refractivity contribution is 5.91. The normalized spacial score (nSPS) is 14.5. The Morgan fingerprint density at radius 2 is 1.57 bits per heavy atom. The monoisotopic (exact) mass is 510 g/mol. The van der Waals surface area contributed by atoms with E-state index in [9.17, 15) is 24.3 Å². The zero-order chi connectivity index (χ0) is 26.9. The molecule has 6 N–H and O–H groups in total. The van der Waals surface area contributed by atoms with Crippen LogP contribution in [0, 0.1) is 0 Å². The van der Waals surface area contributed by atoms with Crippen molar-refractivity contribution in [3.8, 4) is 11.1 Å². The van der Waals surface area contributed by atoms with Gasteiger partial charge >= 0.3 is 6.09 Å². The van der Waals surface area contributed by atoms with Crippen LogP contribution in [0.1, 0.15) is 50.2 Å². The number of carbonyl (C=O) groups excluding carboxylic acids is 4. The number of fused-ring (bicyclic) bond motifs is 3. The number of nitrogens with two attached hydrogens (primary N) is 1. The molecule has 0 radical (unpaired) electrons. The number of rotatable bonds is 12. The van der Waals surface area contributed by atoms with E-state index in [0.717, 1.165) is 22.3 Å². The van der Waals surface area contributed by atoms with Crippen LogP contribution in [0.25, 0.3) is 11.1 Å². The Morgan fingerprint density at radius 1 is 0.973 bits per heavy atom. The third kappa shape index (κ3) is 7.29. The number of amides is 4. The Morgan fingerprint density at radius 3 is 2.11 bits per heavy atom. The van der Waals surface area contributed by atoms with Gasteiger partial charge < -0.3 is 31.5 Å². The first-order valence-electron chi connectivity index (χ1n) is 12.3. The fraction of sp³-hybridized carbons (Fsp3) is 0.407. The van der Waals surface area contributed by atoms with Crippen LogP contribution in [0.5, 0.6) is 0 Å². The molecule has 3 rings (SSSR count). The van der Waals surface area contributed by atoms with Crippen molar-refractivity contribution in [2.45, 2.75) is 57.2 Å². The summed E-state index contributed by atoms with van der Waals surface area (Å²) in [4.78, 5) is 47.7. The molecule has 1 aliphatic rings. The third-order valence-corrected chi connectivity index (χ3v) is 6.32. The molecule has 0 saturated heterocycles. The van der Waals surface area contributed by atoms with E-state index in [1.165, 1.54) is 13.8 Å². The van der Waals surface area contributed by atoms with Crippen LogP contribution in [0.2, 0.25) is 0 Å². The van der Waals surface area contributed by atoms with Crippen LogP contribution in [0.3, 0.4) is 0 Å². The minimum Gasteiger partial charge on any atom is -0.449 e. The van der Waals surface area contributed by atoms with Crippen LogP contribution in [0.4, 0.5) is 4.79 Å². The molecule has 1 aliphatic carbocycles. The molecule has 0 unspecified atom stereocenters. The van der Waals surface area contributed by atoms with E-state index in [2.05, 4.69) is 40.2 Å². The number of hydrogen-bond donors (Lipinski definition) is 5. The Balaban J connectivity index is 1.41. The second kappa shape index (κ2) is 12.9. The van der Waals surface area contributed by atoms with Gasteiger partial charge in [0.15, 0.2) is 0 Å². The number of ether oxygens (including phenoxy) is 1. The molecule has 0 bridgehead atoms. The van der Waals surface area contributed by atoms with Crippen LogP contribution in [-0.4, -0.2) is 60.3 Å². The van der Waals surface area contributed by atoms with Gasteiger partial charge in [-0.1, -0.05) is 48.5 Å². The highest BCUT2D eigenvalue weighted by Crippen LogP contribution is 2.44. The van der Waals surface area contributed by atoms with Gasteiger partial charge in [-0.2, -0.15) is 0 Å². The van der Waals surface area contributed by atoms with Crippen molar-refractivity contribution in [1.29, 1.82) is 0 Å². The van der Waals surface area contributed by atoms with Crippen LogP contribution >= 0.6 is 0 Å². The molecule has 10 heteroatoms. The first kappa shape index (κ1) is 27.7. The molecule has 0 saturated carbocycles. The maximum atomic E-state index is 12.4. The molecule has 3 atom stereocenters. The average Bonchev–Trinajstić information content (AvgIpc) is 3.18. The average molecular weight is 511 g/mol. The summed E-state index contributed by atoms with van der Waals surface area (Å²) in [5.74, 6) is -1.95. The first-order valence-corrected chi connectivity index (χ1v) is 12.3. The van der Waals surface area contributed by atoms with E-state index >= 15 is 0 Å². The maximum Gasteiger partial charge on any atom is 0.407 e. The van der Waals surface area contributed by atoms with Gasteiger partial charge in [0, 0.05) is 19.4 Å². The van der Waals surface area contributed by atoms with Crippen molar-refractivity contribution in [3.05, 3.63) is 59.7 Å². The summed E-state index contributed by atoms with van der Waals surface area (Å²) < 4.78 is 5.50. The molecule has 0 aliphatic heterocycles. The van der Waals surface area contributed by atoms with E-state index in [-0.39, 0.29) is 18.9 Å². The lowest BCUT2D eigenvalue weighted by Crippen LogP contribution is -2.56. The van der Waals surface area contributed by atoms with Gasteiger partial charge in [0.2, 0.25) is 17.7 Å². The second-order valence-corrected chi connectivity index (χ2v) is 9.13. The summed E-state index contributed by atoms with van der Waals surface area (Å²) in [6.45, 7) is 3.11. The summed E-state index contributed by atoms with van der Waals surface area (Å²) in [5.41, 5.74) is 9.97. The number of aliphatic hydroxyl groups is 1. The van der Waals surface area contributed by atoms with E-state index in [4.69, 9.17) is 10.5 Å². The van der Waals surface area contributed by atoms with Crippen molar-refractivity contribution in [3.63, 3.8) is 0 Å². The van der Waals surface area contributed by atoms with Crippen molar-refractivity contribution in [1.82, 2.24) is 16.0 Å². The molecule has 10 nitrogen and oxygen atoms in total. The van der Waals surface area contributed by atoms with E-state index < -0.39 is 42.0 Å². The molecule has 2 aromatic rings. The Labute approximate surface area is 216 Å². The lowest BCUT2D eigenvalue weighted by atomic mass is 9.98. The van der Waals surface area contributed by atoms with Crippen LogP contribution in [-0.2, 0) is 19.1 Å². The predicted octanol–water partition coefficient (Wildman–Crippen LogP) is 1.55. The molecule has 37 heavy (non-hydrogen) atoms. The fourth-order valence-corrected chi connectivity index (χ4v) is 4.48. The number of primary amides is 1. The van der Waals surface area contributed by atoms with Crippen molar-refractivity contribution in [2.24, 2.45) is 5.73 Å². The number of unbranched alkanes of at least 4 members (excludes halogenated alkanes) is 1. The summed E-state index contributed by atoms with van der Waals surface area (Å²) in [6, 6.07) is 14.0. The highest BCUT2D eigenvalue weighted by atomic mass is 16.5. The van der Waals surface area contributed by atoms with E-state index in [1.807, 2.05) is 24.3 Å². The largest absolute Gasteiger partial charge is 0.449 e. The number of nitrogens with one attached hydrogen (secondary N) is 3. The van der Waals surface area contributed by atoms with E-state index in [1.54, 1.807) is 0 Å². The zero-order valence-corrected chi connectivity index (χ0v) is 21.0. The topological polar surface area (TPSA) is 160 Å². The second-order valence-electron chi connectivity index (χ2n) is 9.13. The molecule has 0 fully saturated rings. The molecule has 0 spiro atoms. The minimum atomic E-state index is -1.20. The quantitative estimate of drug-likeness (QED) is 0.272. The minimum absolute atomic E-state index is 0.0268. The standard InChI is InChI=1S/C27H34N4O6/c1-16(32)24(30-17(2)33)26(35)31-23(25(28)34)13-7-8-14-29-27(36)37-15-22-20-11-5-3-9-18(20)19-10-4-6-12-21(19)22/h3-6,9-12,16,22-24,32H,7-8,13-15H2,1-2H3,(H2,28,34)(H,29,36)(H,30,33)(H,31,35)/t16-,23-,24-/m0/s1. The van der Waals surface area contributed by atoms with Crippen LogP contribution in [0.15, 0.2) is 48.5 Å². The Kier molecular flexibility index (Phi) is 9.62. The maximum absolute atomic E-state index is 12.4. The number of alkyl carbamates (subject to hydrolysis) is 1. The Hall–Kier alpha value is -3.92. The number of benzene rings is 2. The third-order valence-electron chi connectivity index (χ3n) is 6.32. The van der Waals surface area contributed by atoms with Crippen molar-refractivity contribution in [2.75, 3.05) is 13.2 Å². The Bertz CT molecular complexity index is 1090. The number of hydrogen-bond acceptors (Lipinski definition) is 6. The van der Waals surface area contributed by atoms with Gasteiger partial charge in [0.05, 0.1) is 6.10 Å². The summed E-state index contributed by atoms with van der Waals surface area (Å²) in [6.07, 6.45) is -0.442. The van der Waals surface area contributed by atoms with E-state index in [0.29, 0.717) is 19.4 Å². The molecule has 0 heterocycles.